The fourth-order valence-corrected chi connectivity index (χ4v) is 5.90. The number of rotatable bonds is 2. The monoisotopic (exact) mass is 326 g/mol. The second-order valence-electron chi connectivity index (χ2n) is 8.05. The summed E-state index contributed by atoms with van der Waals surface area (Å²) in [4.78, 5) is 11.7. The normalized spacial score (nSPS) is 37.0. The fraction of sp³-hybridized carbons (Fsp3) is 0.571. The lowest BCUT2D eigenvalue weighted by Crippen LogP contribution is -2.45. The summed E-state index contributed by atoms with van der Waals surface area (Å²) in [6, 6.07) is 5.91. The van der Waals surface area contributed by atoms with Crippen molar-refractivity contribution >= 4 is 5.97 Å². The average Bonchev–Trinajstić information content (AvgIpc) is 2.90. The Kier molecular flexibility index (Phi) is 3.70. The van der Waals surface area contributed by atoms with E-state index in [1.165, 1.54) is 23.6 Å². The summed E-state index contributed by atoms with van der Waals surface area (Å²) in [6.07, 6.45) is 7.94. The first kappa shape index (κ1) is 15.7. The van der Waals surface area contributed by atoms with E-state index >= 15 is 0 Å². The van der Waals surface area contributed by atoms with Crippen molar-refractivity contribution < 1.29 is 14.6 Å². The maximum atomic E-state index is 11.7. The van der Waals surface area contributed by atoms with Crippen molar-refractivity contribution in [3.05, 3.63) is 42.0 Å². The van der Waals surface area contributed by atoms with Crippen LogP contribution in [0.2, 0.25) is 0 Å². The van der Waals surface area contributed by atoms with Gasteiger partial charge < -0.3 is 9.84 Å². The van der Waals surface area contributed by atoms with Crippen LogP contribution in [-0.4, -0.2) is 17.2 Å². The van der Waals surface area contributed by atoms with Gasteiger partial charge in [0.1, 0.15) is 11.9 Å². The van der Waals surface area contributed by atoms with E-state index in [4.69, 9.17) is 4.74 Å². The maximum absolute atomic E-state index is 11.7. The number of carbonyl (C=O) groups excluding carboxylic acids is 1. The molecule has 0 bridgehead atoms. The Morgan fingerprint density at radius 2 is 2.17 bits per heavy atom. The lowest BCUT2D eigenvalue weighted by atomic mass is 9.55. The van der Waals surface area contributed by atoms with Crippen molar-refractivity contribution in [1.29, 1.82) is 0 Å². The predicted molar refractivity (Wildman–Crippen MR) is 92.8 cm³/mol. The van der Waals surface area contributed by atoms with E-state index in [0.29, 0.717) is 23.5 Å². The molecular formula is C21H26O3. The summed E-state index contributed by atoms with van der Waals surface area (Å²) >= 11 is 0. The number of hydrogen-bond donors (Lipinski definition) is 1. The van der Waals surface area contributed by atoms with Gasteiger partial charge in [0.15, 0.2) is 0 Å². The first-order valence-electron chi connectivity index (χ1n) is 9.18. The Morgan fingerprint density at radius 1 is 1.33 bits per heavy atom. The van der Waals surface area contributed by atoms with Crippen LogP contribution in [0.1, 0.15) is 56.1 Å². The van der Waals surface area contributed by atoms with E-state index < -0.39 is 0 Å². The summed E-state index contributed by atoms with van der Waals surface area (Å²) in [5.74, 6) is 1.99. The van der Waals surface area contributed by atoms with Gasteiger partial charge in [0.25, 0.3) is 0 Å². The summed E-state index contributed by atoms with van der Waals surface area (Å²) < 4.78 is 5.71. The number of aryl methyl sites for hydroxylation is 1. The van der Waals surface area contributed by atoms with Gasteiger partial charge in [-0.05, 0) is 79.5 Å². The van der Waals surface area contributed by atoms with E-state index in [1.807, 2.05) is 12.1 Å². The topological polar surface area (TPSA) is 46.5 Å². The Morgan fingerprint density at radius 3 is 2.96 bits per heavy atom. The van der Waals surface area contributed by atoms with E-state index in [1.54, 1.807) is 0 Å². The molecule has 24 heavy (non-hydrogen) atoms. The SMILES string of the molecule is C=CC(=O)O[C@H]1CC[C@H]2[C@@H]3CCc4cc(O)ccc4[C@H]3CC[C@]12C. The number of phenolic OH excluding ortho intramolecular Hbond substituents is 1. The lowest BCUT2D eigenvalue weighted by molar-refractivity contribution is -0.151. The molecule has 5 atom stereocenters. The summed E-state index contributed by atoms with van der Waals surface area (Å²) in [5.41, 5.74) is 2.87. The van der Waals surface area contributed by atoms with E-state index in [0.717, 1.165) is 32.1 Å². The Bertz CT molecular complexity index is 680. The Hall–Kier alpha value is -1.77. The molecule has 1 aromatic carbocycles. The zero-order chi connectivity index (χ0) is 16.9. The van der Waals surface area contributed by atoms with Crippen molar-refractivity contribution in [3.63, 3.8) is 0 Å². The molecule has 0 radical (unpaired) electrons. The standard InChI is InChI=1S/C21H26O3/c1-3-20(23)24-19-9-8-18-17-6-4-13-12-14(22)5-7-15(13)16(17)10-11-21(18,19)2/h3,5,7,12,16-19,22H,1,4,6,8-11H2,2H3/t16-,17-,18+,19+,21+/m1/s1. The minimum Gasteiger partial charge on any atom is -0.508 e. The number of ether oxygens (including phenoxy) is 1. The van der Waals surface area contributed by atoms with Crippen LogP contribution in [-0.2, 0) is 16.0 Å². The van der Waals surface area contributed by atoms with Crippen LogP contribution in [0.15, 0.2) is 30.9 Å². The van der Waals surface area contributed by atoms with Crippen molar-refractivity contribution in [3.8, 4) is 5.75 Å². The molecule has 3 aliphatic carbocycles. The lowest BCUT2D eigenvalue weighted by Gasteiger charge is -2.50. The highest BCUT2D eigenvalue weighted by Crippen LogP contribution is 2.61. The maximum Gasteiger partial charge on any atom is 0.330 e. The van der Waals surface area contributed by atoms with Gasteiger partial charge in [-0.2, -0.15) is 0 Å². The van der Waals surface area contributed by atoms with Gasteiger partial charge in [-0.25, -0.2) is 4.79 Å². The molecule has 2 saturated carbocycles. The van der Waals surface area contributed by atoms with Crippen LogP contribution in [0.5, 0.6) is 5.75 Å². The molecule has 0 aliphatic heterocycles. The second-order valence-corrected chi connectivity index (χ2v) is 8.05. The molecule has 3 heteroatoms. The number of phenols is 1. The highest BCUT2D eigenvalue weighted by atomic mass is 16.5. The summed E-state index contributed by atoms with van der Waals surface area (Å²) in [6.45, 7) is 5.86. The number of benzene rings is 1. The first-order valence-corrected chi connectivity index (χ1v) is 9.18. The molecule has 2 fully saturated rings. The van der Waals surface area contributed by atoms with Crippen molar-refractivity contribution in [2.45, 2.75) is 57.5 Å². The second kappa shape index (κ2) is 5.65. The number of fused-ring (bicyclic) bond motifs is 5. The van der Waals surface area contributed by atoms with Crippen molar-refractivity contribution in [1.82, 2.24) is 0 Å². The molecule has 0 spiro atoms. The van der Waals surface area contributed by atoms with E-state index in [2.05, 4.69) is 19.6 Å². The van der Waals surface area contributed by atoms with Crippen LogP contribution < -0.4 is 0 Å². The zero-order valence-electron chi connectivity index (χ0n) is 14.3. The van der Waals surface area contributed by atoms with Gasteiger partial charge in [-0.1, -0.05) is 19.6 Å². The van der Waals surface area contributed by atoms with E-state index in [9.17, 15) is 9.90 Å². The van der Waals surface area contributed by atoms with Gasteiger partial charge in [0.2, 0.25) is 0 Å². The van der Waals surface area contributed by atoms with Crippen LogP contribution in [0, 0.1) is 17.3 Å². The molecule has 4 rings (SSSR count). The molecule has 0 aromatic heterocycles. The van der Waals surface area contributed by atoms with Gasteiger partial charge in [0.05, 0.1) is 0 Å². The van der Waals surface area contributed by atoms with Crippen molar-refractivity contribution in [2.75, 3.05) is 0 Å². The third kappa shape index (κ3) is 2.28. The predicted octanol–water partition coefficient (Wildman–Crippen LogP) is 4.35. The third-order valence-electron chi connectivity index (χ3n) is 7.05. The molecule has 0 unspecified atom stereocenters. The van der Waals surface area contributed by atoms with Crippen LogP contribution >= 0.6 is 0 Å². The van der Waals surface area contributed by atoms with Gasteiger partial charge in [-0.15, -0.1) is 0 Å². The van der Waals surface area contributed by atoms with Crippen LogP contribution in [0.4, 0.5) is 0 Å². The molecule has 0 heterocycles. The van der Waals surface area contributed by atoms with E-state index in [-0.39, 0.29) is 17.5 Å². The minimum atomic E-state index is -0.284. The molecule has 128 valence electrons. The first-order chi connectivity index (χ1) is 11.5. The number of esters is 1. The molecular weight excluding hydrogens is 300 g/mol. The third-order valence-corrected chi connectivity index (χ3v) is 7.05. The summed E-state index contributed by atoms with van der Waals surface area (Å²) in [5, 5.41) is 9.76. The number of aromatic hydroxyl groups is 1. The number of carbonyl (C=O) groups is 1. The largest absolute Gasteiger partial charge is 0.508 e. The molecule has 0 saturated heterocycles. The molecule has 1 aromatic rings. The zero-order valence-corrected chi connectivity index (χ0v) is 14.3. The van der Waals surface area contributed by atoms with Gasteiger partial charge in [-0.3, -0.25) is 0 Å². The smallest absolute Gasteiger partial charge is 0.330 e. The van der Waals surface area contributed by atoms with Gasteiger partial charge >= 0.3 is 5.97 Å². The minimum absolute atomic E-state index is 0.0372. The van der Waals surface area contributed by atoms with Gasteiger partial charge in [0, 0.05) is 11.5 Å². The molecule has 1 N–H and O–H groups in total. The van der Waals surface area contributed by atoms with Crippen molar-refractivity contribution in [2.24, 2.45) is 17.3 Å². The fourth-order valence-electron chi connectivity index (χ4n) is 5.90. The molecule has 0 amide bonds. The highest BCUT2D eigenvalue weighted by molar-refractivity contribution is 5.81. The molecule has 3 nitrogen and oxygen atoms in total. The average molecular weight is 326 g/mol. The molecule has 3 aliphatic rings. The van der Waals surface area contributed by atoms with Crippen LogP contribution in [0.25, 0.3) is 0 Å². The quantitative estimate of drug-likeness (QED) is 0.649. The number of hydrogen-bond acceptors (Lipinski definition) is 3. The summed E-state index contributed by atoms with van der Waals surface area (Å²) in [7, 11) is 0. The Balaban J connectivity index is 1.61. The Labute approximate surface area is 143 Å². The highest BCUT2D eigenvalue weighted by Gasteiger charge is 2.56. The van der Waals surface area contributed by atoms with Crippen LogP contribution in [0.3, 0.4) is 0 Å².